The van der Waals surface area contributed by atoms with Gasteiger partial charge in [-0.1, -0.05) is 57.9 Å². The van der Waals surface area contributed by atoms with E-state index in [-0.39, 0.29) is 4.90 Å². The third-order valence-electron chi connectivity index (χ3n) is 5.41. The number of hydrazone groups is 1. The number of rotatable bonds is 6. The molecule has 0 aromatic heterocycles. The summed E-state index contributed by atoms with van der Waals surface area (Å²) in [6.07, 6.45) is 0.399. The molecule has 0 saturated carbocycles. The van der Waals surface area contributed by atoms with Gasteiger partial charge in [-0.05, 0) is 42.8 Å². The van der Waals surface area contributed by atoms with Crippen molar-refractivity contribution in [1.29, 1.82) is 0 Å². The number of nitrogens with zero attached hydrogens (tertiary/aromatic N) is 2. The first-order valence-corrected chi connectivity index (χ1v) is 12.2. The molecule has 8 heteroatoms. The average Bonchev–Trinajstić information content (AvgIpc) is 3.25. The maximum absolute atomic E-state index is 13.7. The van der Waals surface area contributed by atoms with E-state index in [1.54, 1.807) is 44.6 Å². The van der Waals surface area contributed by atoms with Crippen LogP contribution in [0, 0.1) is 6.92 Å². The lowest BCUT2D eigenvalue weighted by Gasteiger charge is -2.25. The van der Waals surface area contributed by atoms with E-state index in [2.05, 4.69) is 21.0 Å². The number of sulfonamides is 1. The third kappa shape index (κ3) is 4.12. The number of benzene rings is 3. The molecule has 1 unspecified atom stereocenters. The summed E-state index contributed by atoms with van der Waals surface area (Å²) in [5.74, 6) is 1.03. The summed E-state index contributed by atoms with van der Waals surface area (Å²) >= 11 is 3.44. The quantitative estimate of drug-likeness (QED) is 0.446. The van der Waals surface area contributed by atoms with Gasteiger partial charge in [0, 0.05) is 16.5 Å². The average molecular weight is 515 g/mol. The molecule has 1 atom stereocenters. The van der Waals surface area contributed by atoms with Gasteiger partial charge in [-0.2, -0.15) is 17.9 Å². The van der Waals surface area contributed by atoms with Gasteiger partial charge in [0.25, 0.3) is 10.0 Å². The maximum Gasteiger partial charge on any atom is 0.279 e. The summed E-state index contributed by atoms with van der Waals surface area (Å²) in [6, 6.07) is 19.3. The van der Waals surface area contributed by atoms with Crippen LogP contribution in [0.3, 0.4) is 0 Å². The summed E-state index contributed by atoms with van der Waals surface area (Å²) in [5, 5.41) is 4.60. The van der Waals surface area contributed by atoms with Crippen molar-refractivity contribution in [2.75, 3.05) is 14.2 Å². The molecule has 32 heavy (non-hydrogen) atoms. The molecule has 1 aliphatic rings. The normalized spacial score (nSPS) is 16.1. The van der Waals surface area contributed by atoms with Crippen LogP contribution in [-0.4, -0.2) is 32.8 Å². The minimum atomic E-state index is -3.91. The van der Waals surface area contributed by atoms with Gasteiger partial charge in [0.05, 0.1) is 30.9 Å². The van der Waals surface area contributed by atoms with Crippen LogP contribution < -0.4 is 9.47 Å². The Kier molecular flexibility index (Phi) is 6.26. The van der Waals surface area contributed by atoms with Gasteiger partial charge in [0.15, 0.2) is 11.5 Å². The fourth-order valence-electron chi connectivity index (χ4n) is 3.75. The van der Waals surface area contributed by atoms with Crippen LogP contribution in [0.25, 0.3) is 0 Å². The Hall–Kier alpha value is -2.84. The van der Waals surface area contributed by atoms with Crippen molar-refractivity contribution in [3.63, 3.8) is 0 Å². The fourth-order valence-corrected chi connectivity index (χ4v) is 5.44. The van der Waals surface area contributed by atoms with Crippen LogP contribution in [0.1, 0.15) is 29.2 Å². The molecular weight excluding hydrogens is 492 g/mol. The lowest BCUT2D eigenvalue weighted by atomic mass is 9.98. The van der Waals surface area contributed by atoms with Crippen molar-refractivity contribution in [2.24, 2.45) is 5.10 Å². The van der Waals surface area contributed by atoms with Crippen LogP contribution in [0.5, 0.6) is 11.5 Å². The molecule has 0 amide bonds. The van der Waals surface area contributed by atoms with Gasteiger partial charge in [-0.25, -0.2) is 0 Å². The van der Waals surface area contributed by atoms with Crippen LogP contribution in [0.2, 0.25) is 0 Å². The van der Waals surface area contributed by atoms with Crippen LogP contribution in [-0.2, 0) is 10.0 Å². The van der Waals surface area contributed by atoms with E-state index in [1.807, 2.05) is 43.3 Å². The second-order valence-corrected chi connectivity index (χ2v) is 10.2. The van der Waals surface area contributed by atoms with Gasteiger partial charge in [0.1, 0.15) is 0 Å². The van der Waals surface area contributed by atoms with Crippen molar-refractivity contribution in [3.05, 3.63) is 87.9 Å². The first-order chi connectivity index (χ1) is 15.3. The second kappa shape index (κ2) is 8.96. The van der Waals surface area contributed by atoms with Gasteiger partial charge in [0.2, 0.25) is 0 Å². The molecule has 6 nitrogen and oxygen atoms in total. The third-order valence-corrected chi connectivity index (χ3v) is 7.63. The van der Waals surface area contributed by atoms with Crippen molar-refractivity contribution < 1.29 is 17.9 Å². The zero-order valence-corrected chi connectivity index (χ0v) is 20.4. The highest BCUT2D eigenvalue weighted by Gasteiger charge is 2.39. The standard InChI is InChI=1S/C24H23BrN2O4S/c1-16-7-13-19(14-8-16)32(28,29)27-22(20-5-4-6-23(30-2)24(20)31-3)15-21(26-27)17-9-11-18(25)12-10-17/h4-14,22H,15H2,1-3H3. The van der Waals surface area contributed by atoms with Crippen LogP contribution in [0.4, 0.5) is 0 Å². The predicted molar refractivity (Wildman–Crippen MR) is 128 cm³/mol. The summed E-state index contributed by atoms with van der Waals surface area (Å²) in [6.45, 7) is 1.92. The molecule has 0 N–H and O–H groups in total. The molecule has 0 saturated heterocycles. The molecule has 0 radical (unpaired) electrons. The summed E-state index contributed by atoms with van der Waals surface area (Å²) in [7, 11) is -0.803. The molecular formula is C24H23BrN2O4S. The lowest BCUT2D eigenvalue weighted by Crippen LogP contribution is -2.27. The molecule has 1 heterocycles. The topological polar surface area (TPSA) is 68.2 Å². The molecule has 166 valence electrons. The Bertz CT molecular complexity index is 1260. The zero-order valence-electron chi connectivity index (χ0n) is 17.9. The molecule has 1 aliphatic heterocycles. The number of hydrogen-bond acceptors (Lipinski definition) is 5. The fraction of sp³-hybridized carbons (Fsp3) is 0.208. The lowest BCUT2D eigenvalue weighted by molar-refractivity contribution is 0.328. The van der Waals surface area contributed by atoms with E-state index in [9.17, 15) is 8.42 Å². The Morgan fingerprint density at radius 1 is 0.969 bits per heavy atom. The highest BCUT2D eigenvalue weighted by Crippen LogP contribution is 2.43. The van der Waals surface area contributed by atoms with Crippen LogP contribution in [0.15, 0.2) is 81.2 Å². The van der Waals surface area contributed by atoms with E-state index in [1.165, 1.54) is 4.41 Å². The van der Waals surface area contributed by atoms with Crippen molar-refractivity contribution in [2.45, 2.75) is 24.3 Å². The number of hydrogen-bond donors (Lipinski definition) is 0. The number of methoxy groups -OCH3 is 2. The number of aryl methyl sites for hydroxylation is 1. The van der Waals surface area contributed by atoms with Crippen molar-refractivity contribution in [3.8, 4) is 11.5 Å². The van der Waals surface area contributed by atoms with Crippen molar-refractivity contribution >= 4 is 31.7 Å². The van der Waals surface area contributed by atoms with Gasteiger partial charge < -0.3 is 9.47 Å². The van der Waals surface area contributed by atoms with Crippen LogP contribution >= 0.6 is 15.9 Å². The molecule has 0 bridgehead atoms. The molecule has 3 aromatic carbocycles. The van der Waals surface area contributed by atoms with E-state index in [4.69, 9.17) is 9.47 Å². The van der Waals surface area contributed by atoms with Gasteiger partial charge in [-0.15, -0.1) is 0 Å². The first-order valence-electron chi connectivity index (χ1n) is 10.0. The molecule has 0 aliphatic carbocycles. The monoisotopic (exact) mass is 514 g/mol. The highest BCUT2D eigenvalue weighted by molar-refractivity contribution is 9.10. The van der Waals surface area contributed by atoms with E-state index < -0.39 is 16.1 Å². The van der Waals surface area contributed by atoms with E-state index in [0.717, 1.165) is 15.6 Å². The highest BCUT2D eigenvalue weighted by atomic mass is 79.9. The smallest absolute Gasteiger partial charge is 0.279 e. The molecule has 3 aromatic rings. The Labute approximate surface area is 196 Å². The zero-order chi connectivity index (χ0) is 22.9. The van der Waals surface area contributed by atoms with Gasteiger partial charge in [-0.3, -0.25) is 0 Å². The minimum Gasteiger partial charge on any atom is -0.493 e. The van der Waals surface area contributed by atoms with E-state index in [0.29, 0.717) is 29.2 Å². The molecule has 4 rings (SSSR count). The number of ether oxygens (including phenoxy) is 2. The SMILES string of the molecule is COc1cccc(C2CC(c3ccc(Br)cc3)=NN2S(=O)(=O)c2ccc(C)cc2)c1OC. The van der Waals surface area contributed by atoms with Crippen molar-refractivity contribution in [1.82, 2.24) is 4.41 Å². The van der Waals surface area contributed by atoms with Gasteiger partial charge >= 0.3 is 0 Å². The molecule has 0 spiro atoms. The Morgan fingerprint density at radius 2 is 1.66 bits per heavy atom. The maximum atomic E-state index is 13.7. The Morgan fingerprint density at radius 3 is 2.28 bits per heavy atom. The Balaban J connectivity index is 1.85. The molecule has 0 fully saturated rings. The minimum absolute atomic E-state index is 0.191. The first kappa shape index (κ1) is 22.4. The summed E-state index contributed by atoms with van der Waals surface area (Å²) < 4.78 is 40.5. The second-order valence-electron chi connectivity index (χ2n) is 7.45. The summed E-state index contributed by atoms with van der Waals surface area (Å²) in [5.41, 5.74) is 3.22. The predicted octanol–water partition coefficient (Wildman–Crippen LogP) is 5.31. The number of para-hydroxylation sites is 1. The summed E-state index contributed by atoms with van der Waals surface area (Å²) in [4.78, 5) is 0.191. The number of halogens is 1. The van der Waals surface area contributed by atoms with E-state index >= 15 is 0 Å². The largest absolute Gasteiger partial charge is 0.493 e.